The monoisotopic (exact) mass is 416 g/mol. The summed E-state index contributed by atoms with van der Waals surface area (Å²) in [6.07, 6.45) is 12.2. The zero-order valence-corrected chi connectivity index (χ0v) is 18.3. The van der Waals surface area contributed by atoms with Crippen molar-refractivity contribution < 1.29 is 4.79 Å². The van der Waals surface area contributed by atoms with Crippen LogP contribution in [0.4, 0.5) is 0 Å². The lowest BCUT2D eigenvalue weighted by Gasteiger charge is -2.32. The highest BCUT2D eigenvalue weighted by molar-refractivity contribution is 5.99. The molecule has 5 rings (SSSR count). The smallest absolute Gasteiger partial charge is 0.251 e. The Morgan fingerprint density at radius 1 is 1.16 bits per heavy atom. The average molecular weight is 417 g/mol. The van der Waals surface area contributed by atoms with Gasteiger partial charge in [-0.15, -0.1) is 0 Å². The van der Waals surface area contributed by atoms with Gasteiger partial charge < -0.3 is 15.6 Å². The van der Waals surface area contributed by atoms with Gasteiger partial charge in [0.05, 0.1) is 0 Å². The molecule has 1 unspecified atom stereocenters. The fourth-order valence-corrected chi connectivity index (χ4v) is 5.27. The number of aromatic amines is 1. The molecule has 1 amide bonds. The molecule has 0 aliphatic heterocycles. The van der Waals surface area contributed by atoms with Gasteiger partial charge >= 0.3 is 0 Å². The molecule has 1 atom stereocenters. The number of hydrogen-bond donors (Lipinski definition) is 3. The molecule has 0 spiro atoms. The van der Waals surface area contributed by atoms with E-state index in [1.165, 1.54) is 55.2 Å². The van der Waals surface area contributed by atoms with Crippen molar-refractivity contribution in [1.82, 2.24) is 20.6 Å². The van der Waals surface area contributed by atoms with Gasteiger partial charge in [0, 0.05) is 53.2 Å². The number of nitrogens with zero attached hydrogens (tertiary/aromatic N) is 1. The molecule has 0 saturated heterocycles. The maximum absolute atomic E-state index is 12.8. The third-order valence-corrected chi connectivity index (χ3v) is 7.10. The van der Waals surface area contributed by atoms with Crippen molar-refractivity contribution in [3.05, 3.63) is 65.1 Å². The Morgan fingerprint density at radius 3 is 2.84 bits per heavy atom. The van der Waals surface area contributed by atoms with Crippen molar-refractivity contribution in [2.24, 2.45) is 5.92 Å². The van der Waals surface area contributed by atoms with E-state index in [-0.39, 0.29) is 5.91 Å². The predicted molar refractivity (Wildman–Crippen MR) is 124 cm³/mol. The van der Waals surface area contributed by atoms with Crippen LogP contribution in [0.5, 0.6) is 0 Å². The lowest BCUT2D eigenvalue weighted by Crippen LogP contribution is -2.37. The van der Waals surface area contributed by atoms with Gasteiger partial charge in [0.1, 0.15) is 0 Å². The van der Waals surface area contributed by atoms with Gasteiger partial charge in [0.2, 0.25) is 0 Å². The molecule has 3 aromatic rings. The van der Waals surface area contributed by atoms with Gasteiger partial charge in [-0.2, -0.15) is 0 Å². The lowest BCUT2D eigenvalue weighted by atomic mass is 9.85. The van der Waals surface area contributed by atoms with Gasteiger partial charge in [0.15, 0.2) is 0 Å². The largest absolute Gasteiger partial charge is 0.357 e. The van der Waals surface area contributed by atoms with Crippen molar-refractivity contribution in [3.8, 4) is 0 Å². The van der Waals surface area contributed by atoms with Crippen LogP contribution in [-0.2, 0) is 13.0 Å². The summed E-state index contributed by atoms with van der Waals surface area (Å²) in [7, 11) is 0. The van der Waals surface area contributed by atoms with Gasteiger partial charge in [-0.25, -0.2) is 0 Å². The minimum atomic E-state index is -0.0393. The molecule has 0 bridgehead atoms. The Balaban J connectivity index is 1.33. The molecule has 162 valence electrons. The van der Waals surface area contributed by atoms with Crippen LogP contribution >= 0.6 is 0 Å². The quantitative estimate of drug-likeness (QED) is 0.546. The van der Waals surface area contributed by atoms with E-state index in [1.54, 1.807) is 12.4 Å². The number of aromatic nitrogens is 2. The number of hydrogen-bond acceptors (Lipinski definition) is 3. The van der Waals surface area contributed by atoms with Crippen LogP contribution in [0.25, 0.3) is 10.9 Å². The van der Waals surface area contributed by atoms with Crippen molar-refractivity contribution >= 4 is 16.8 Å². The molecule has 5 heteroatoms. The number of amides is 1. The van der Waals surface area contributed by atoms with Crippen LogP contribution in [0.15, 0.2) is 42.7 Å². The molecule has 5 nitrogen and oxygen atoms in total. The maximum atomic E-state index is 12.8. The normalized spacial score (nSPS) is 23.5. The molecule has 2 aliphatic rings. The van der Waals surface area contributed by atoms with E-state index in [0.717, 1.165) is 29.0 Å². The van der Waals surface area contributed by atoms with Crippen molar-refractivity contribution in [2.75, 3.05) is 0 Å². The Hall–Kier alpha value is -2.66. The molecule has 1 fully saturated rings. The second kappa shape index (κ2) is 8.83. The fraction of sp³-hybridized carbons (Fsp3) is 0.462. The van der Waals surface area contributed by atoms with E-state index in [2.05, 4.69) is 39.7 Å². The number of carbonyl (C=O) groups is 1. The topological polar surface area (TPSA) is 69.8 Å². The third kappa shape index (κ3) is 4.38. The van der Waals surface area contributed by atoms with Crippen LogP contribution in [0, 0.1) is 5.92 Å². The number of H-pyrrole nitrogens is 1. The van der Waals surface area contributed by atoms with Crippen molar-refractivity contribution in [2.45, 2.75) is 70.5 Å². The van der Waals surface area contributed by atoms with Gasteiger partial charge in [-0.3, -0.25) is 9.78 Å². The van der Waals surface area contributed by atoms with E-state index >= 15 is 0 Å². The number of benzene rings is 1. The SMILES string of the molecule is CC1CCC(NC2CCCc3c2[nH]c2ccc(C(=O)NCc4cccnc4)cc32)CC1. The average Bonchev–Trinajstić information content (AvgIpc) is 3.19. The number of carbonyl (C=O) groups excluding carboxylic acids is 1. The summed E-state index contributed by atoms with van der Waals surface area (Å²) in [6.45, 7) is 2.86. The molecule has 1 aromatic carbocycles. The van der Waals surface area contributed by atoms with E-state index in [9.17, 15) is 4.79 Å². The molecule has 2 aliphatic carbocycles. The standard InChI is InChI=1S/C26H32N4O/c1-17-7-10-20(11-8-17)29-24-6-2-5-21-22-14-19(9-12-23(22)30-25(21)24)26(31)28-16-18-4-3-13-27-15-18/h3-4,9,12-15,17,20,24,29-30H,2,5-8,10-11,16H2,1H3,(H,28,31). The highest BCUT2D eigenvalue weighted by Gasteiger charge is 2.28. The van der Waals surface area contributed by atoms with Crippen LogP contribution in [0.1, 0.15) is 78.7 Å². The van der Waals surface area contributed by atoms with Crippen LogP contribution in [0.3, 0.4) is 0 Å². The predicted octanol–water partition coefficient (Wildman–Crippen LogP) is 5.04. The first-order valence-corrected chi connectivity index (χ1v) is 11.7. The Labute approximate surface area is 184 Å². The second-order valence-electron chi connectivity index (χ2n) is 9.39. The van der Waals surface area contributed by atoms with E-state index in [4.69, 9.17) is 0 Å². The summed E-state index contributed by atoms with van der Waals surface area (Å²) >= 11 is 0. The van der Waals surface area contributed by atoms with Crippen LogP contribution in [0.2, 0.25) is 0 Å². The summed E-state index contributed by atoms with van der Waals surface area (Å²) in [5.74, 6) is 0.832. The van der Waals surface area contributed by atoms with E-state index in [1.807, 2.05) is 18.2 Å². The molecule has 0 radical (unpaired) electrons. The number of pyridine rings is 1. The second-order valence-corrected chi connectivity index (χ2v) is 9.39. The molecular formula is C26H32N4O. The Kier molecular flexibility index (Phi) is 5.77. The molecule has 2 heterocycles. The van der Waals surface area contributed by atoms with Crippen molar-refractivity contribution in [3.63, 3.8) is 0 Å². The van der Waals surface area contributed by atoms with Gasteiger partial charge in [0.25, 0.3) is 5.91 Å². The number of rotatable bonds is 5. The van der Waals surface area contributed by atoms with Gasteiger partial charge in [-0.05, 0) is 86.3 Å². The van der Waals surface area contributed by atoms with Crippen LogP contribution in [-0.4, -0.2) is 21.9 Å². The molecular weight excluding hydrogens is 384 g/mol. The van der Waals surface area contributed by atoms with Gasteiger partial charge in [-0.1, -0.05) is 13.0 Å². The number of fused-ring (bicyclic) bond motifs is 3. The molecule has 3 N–H and O–H groups in total. The number of aryl methyl sites for hydroxylation is 1. The maximum Gasteiger partial charge on any atom is 0.251 e. The number of nitrogens with one attached hydrogen (secondary N) is 3. The highest BCUT2D eigenvalue weighted by atomic mass is 16.1. The third-order valence-electron chi connectivity index (χ3n) is 7.10. The summed E-state index contributed by atoms with van der Waals surface area (Å²) in [5.41, 5.74) is 5.59. The Morgan fingerprint density at radius 2 is 2.03 bits per heavy atom. The Bertz CT molecular complexity index is 1050. The first kappa shape index (κ1) is 20.3. The van der Waals surface area contributed by atoms with E-state index < -0.39 is 0 Å². The van der Waals surface area contributed by atoms with Crippen molar-refractivity contribution in [1.29, 1.82) is 0 Å². The molecule has 31 heavy (non-hydrogen) atoms. The lowest BCUT2D eigenvalue weighted by molar-refractivity contribution is 0.0951. The van der Waals surface area contributed by atoms with E-state index in [0.29, 0.717) is 18.6 Å². The summed E-state index contributed by atoms with van der Waals surface area (Å²) < 4.78 is 0. The highest BCUT2D eigenvalue weighted by Crippen LogP contribution is 2.36. The summed E-state index contributed by atoms with van der Waals surface area (Å²) in [6, 6.07) is 10.9. The minimum absolute atomic E-state index is 0.0393. The summed E-state index contributed by atoms with van der Waals surface area (Å²) in [5, 5.41) is 8.17. The first-order chi connectivity index (χ1) is 15.2. The minimum Gasteiger partial charge on any atom is -0.357 e. The zero-order valence-electron chi connectivity index (χ0n) is 18.3. The van der Waals surface area contributed by atoms with Crippen LogP contribution < -0.4 is 10.6 Å². The summed E-state index contributed by atoms with van der Waals surface area (Å²) in [4.78, 5) is 20.5. The zero-order chi connectivity index (χ0) is 21.2. The fourth-order valence-electron chi connectivity index (χ4n) is 5.27. The molecule has 1 saturated carbocycles. The first-order valence-electron chi connectivity index (χ1n) is 11.7. The molecule has 2 aromatic heterocycles.